The first-order valence-corrected chi connectivity index (χ1v) is 8.36. The first-order valence-electron chi connectivity index (χ1n) is 8.36. The summed E-state index contributed by atoms with van der Waals surface area (Å²) in [5.74, 6) is 0.862. The summed E-state index contributed by atoms with van der Waals surface area (Å²) in [6.07, 6.45) is 2.75. The predicted octanol–water partition coefficient (Wildman–Crippen LogP) is 4.15. The Balaban J connectivity index is 0.00000121. The molecule has 3 N–H and O–H groups in total. The van der Waals surface area contributed by atoms with Crippen LogP contribution in [0.3, 0.4) is 0 Å². The van der Waals surface area contributed by atoms with Crippen molar-refractivity contribution in [1.82, 2.24) is 15.3 Å². The molecule has 1 unspecified atom stereocenters. The lowest BCUT2D eigenvalue weighted by atomic mass is 10.1. The van der Waals surface area contributed by atoms with Crippen molar-refractivity contribution in [3.05, 3.63) is 48.5 Å². The molecule has 138 valence electrons. The number of carbonyl (C=O) groups excluding carboxylic acids is 1. The van der Waals surface area contributed by atoms with E-state index in [2.05, 4.69) is 20.6 Å². The van der Waals surface area contributed by atoms with Gasteiger partial charge in [0.1, 0.15) is 5.82 Å². The predicted molar refractivity (Wildman–Crippen MR) is 110 cm³/mol. The van der Waals surface area contributed by atoms with Gasteiger partial charge in [-0.15, -0.1) is 24.8 Å². The van der Waals surface area contributed by atoms with Crippen molar-refractivity contribution in [3.63, 3.8) is 0 Å². The summed E-state index contributed by atoms with van der Waals surface area (Å²) in [5.41, 5.74) is 3.71. The molecule has 5 nitrogen and oxygen atoms in total. The molecule has 1 atom stereocenters. The smallest absolute Gasteiger partial charge is 0.225 e. The lowest BCUT2D eigenvalue weighted by Gasteiger charge is -2.11. The van der Waals surface area contributed by atoms with E-state index in [0.29, 0.717) is 12.5 Å². The molecule has 0 bridgehead atoms. The third kappa shape index (κ3) is 4.55. The molecule has 2 aromatic carbocycles. The lowest BCUT2D eigenvalue weighted by molar-refractivity contribution is -0.116. The molecule has 0 saturated carbocycles. The minimum atomic E-state index is 0. The number of rotatable bonds is 4. The van der Waals surface area contributed by atoms with E-state index in [1.807, 2.05) is 48.5 Å². The minimum absolute atomic E-state index is 0. The van der Waals surface area contributed by atoms with Crippen LogP contribution in [0.15, 0.2) is 48.5 Å². The number of benzene rings is 2. The fraction of sp³-hybridized carbons (Fsp3) is 0.263. The van der Waals surface area contributed by atoms with Crippen molar-refractivity contribution in [2.24, 2.45) is 0 Å². The molecular formula is C19H22Cl2N4O. The number of imidazole rings is 1. The van der Waals surface area contributed by atoms with Crippen molar-refractivity contribution in [2.75, 3.05) is 11.9 Å². The number of para-hydroxylation sites is 2. The van der Waals surface area contributed by atoms with E-state index >= 15 is 0 Å². The molecule has 0 spiro atoms. The highest BCUT2D eigenvalue weighted by Crippen LogP contribution is 2.23. The molecule has 1 aromatic heterocycles. The van der Waals surface area contributed by atoms with Crippen LogP contribution in [-0.2, 0) is 4.79 Å². The van der Waals surface area contributed by atoms with E-state index in [1.165, 1.54) is 0 Å². The molecule has 1 saturated heterocycles. The van der Waals surface area contributed by atoms with Crippen LogP contribution in [0.4, 0.5) is 5.69 Å². The number of nitrogens with zero attached hydrogens (tertiary/aromatic N) is 1. The van der Waals surface area contributed by atoms with E-state index in [9.17, 15) is 4.79 Å². The molecule has 4 rings (SSSR count). The quantitative estimate of drug-likeness (QED) is 0.624. The number of H-pyrrole nitrogens is 1. The van der Waals surface area contributed by atoms with Gasteiger partial charge >= 0.3 is 0 Å². The van der Waals surface area contributed by atoms with Crippen molar-refractivity contribution < 1.29 is 4.79 Å². The van der Waals surface area contributed by atoms with E-state index in [1.54, 1.807) is 0 Å². The van der Waals surface area contributed by atoms with Crippen LogP contribution in [0.25, 0.3) is 22.4 Å². The van der Waals surface area contributed by atoms with Gasteiger partial charge in [0.15, 0.2) is 0 Å². The zero-order valence-corrected chi connectivity index (χ0v) is 15.8. The zero-order chi connectivity index (χ0) is 16.4. The number of amides is 1. The highest BCUT2D eigenvalue weighted by molar-refractivity contribution is 5.92. The highest BCUT2D eigenvalue weighted by atomic mass is 35.5. The third-order valence-corrected chi connectivity index (χ3v) is 4.40. The number of aromatic nitrogens is 2. The van der Waals surface area contributed by atoms with Gasteiger partial charge in [-0.1, -0.05) is 24.3 Å². The number of hydrogen-bond acceptors (Lipinski definition) is 3. The number of halogens is 2. The maximum atomic E-state index is 12.2. The Hall–Kier alpha value is -2.08. The van der Waals surface area contributed by atoms with Gasteiger partial charge in [0.05, 0.1) is 11.0 Å². The maximum absolute atomic E-state index is 12.2. The van der Waals surface area contributed by atoms with Gasteiger partial charge in [-0.3, -0.25) is 4.79 Å². The normalized spacial score (nSPS) is 15.9. The van der Waals surface area contributed by atoms with Crippen molar-refractivity contribution >= 4 is 47.4 Å². The summed E-state index contributed by atoms with van der Waals surface area (Å²) in [4.78, 5) is 20.1. The van der Waals surface area contributed by atoms with E-state index in [4.69, 9.17) is 0 Å². The third-order valence-electron chi connectivity index (χ3n) is 4.40. The second kappa shape index (κ2) is 9.03. The first-order chi connectivity index (χ1) is 11.8. The van der Waals surface area contributed by atoms with Gasteiger partial charge in [0.2, 0.25) is 5.91 Å². The van der Waals surface area contributed by atoms with Crippen LogP contribution in [0.5, 0.6) is 0 Å². The van der Waals surface area contributed by atoms with Gasteiger partial charge in [-0.25, -0.2) is 4.98 Å². The average Bonchev–Trinajstić information content (AvgIpc) is 3.24. The molecule has 2 heterocycles. The van der Waals surface area contributed by atoms with Crippen molar-refractivity contribution in [3.8, 4) is 11.4 Å². The summed E-state index contributed by atoms with van der Waals surface area (Å²) in [6.45, 7) is 1.01. The Morgan fingerprint density at radius 1 is 1.15 bits per heavy atom. The number of fused-ring (bicyclic) bond motifs is 1. The number of nitrogens with one attached hydrogen (secondary N) is 3. The van der Waals surface area contributed by atoms with E-state index in [0.717, 1.165) is 47.5 Å². The van der Waals surface area contributed by atoms with Crippen LogP contribution in [0, 0.1) is 0 Å². The van der Waals surface area contributed by atoms with Crippen LogP contribution in [0.1, 0.15) is 19.3 Å². The van der Waals surface area contributed by atoms with Crippen molar-refractivity contribution in [2.45, 2.75) is 25.3 Å². The molecule has 0 aliphatic carbocycles. The minimum Gasteiger partial charge on any atom is -0.338 e. The summed E-state index contributed by atoms with van der Waals surface area (Å²) >= 11 is 0. The zero-order valence-electron chi connectivity index (χ0n) is 14.2. The molecule has 1 aliphatic rings. The Kier molecular flexibility index (Phi) is 7.03. The topological polar surface area (TPSA) is 69.8 Å². The molecule has 1 fully saturated rings. The first kappa shape index (κ1) is 20.2. The Morgan fingerprint density at radius 2 is 2.00 bits per heavy atom. The Morgan fingerprint density at radius 3 is 2.77 bits per heavy atom. The summed E-state index contributed by atoms with van der Waals surface area (Å²) < 4.78 is 0. The molecule has 26 heavy (non-hydrogen) atoms. The summed E-state index contributed by atoms with van der Waals surface area (Å²) in [7, 11) is 0. The number of anilines is 1. The fourth-order valence-electron chi connectivity index (χ4n) is 3.20. The SMILES string of the molecule is Cl.Cl.O=C(CC1CCCN1)Nc1cccc(-c2nc3ccccc3[nH]2)c1. The average molecular weight is 393 g/mol. The number of carbonyl (C=O) groups is 1. The Bertz CT molecular complexity index is 842. The van der Waals surface area contributed by atoms with Crippen molar-refractivity contribution in [1.29, 1.82) is 0 Å². The second-order valence-corrected chi connectivity index (χ2v) is 6.23. The van der Waals surface area contributed by atoms with Gasteiger partial charge < -0.3 is 15.6 Å². The van der Waals surface area contributed by atoms with Gasteiger partial charge in [0, 0.05) is 23.7 Å². The standard InChI is InChI=1S/C19H20N4O.2ClH/c24-18(12-14-7-4-10-20-14)21-15-6-3-5-13(11-15)19-22-16-8-1-2-9-17(16)23-19;;/h1-3,5-6,8-9,11,14,20H,4,7,10,12H2,(H,21,24)(H,22,23);2*1H. The molecule has 7 heteroatoms. The fourth-order valence-corrected chi connectivity index (χ4v) is 3.20. The molecule has 3 aromatic rings. The largest absolute Gasteiger partial charge is 0.338 e. The van der Waals surface area contributed by atoms with Crippen LogP contribution in [-0.4, -0.2) is 28.5 Å². The van der Waals surface area contributed by atoms with Gasteiger partial charge in [-0.2, -0.15) is 0 Å². The monoisotopic (exact) mass is 392 g/mol. The summed E-state index contributed by atoms with van der Waals surface area (Å²) in [5, 5.41) is 6.34. The van der Waals surface area contributed by atoms with Gasteiger partial charge in [-0.05, 0) is 43.7 Å². The second-order valence-electron chi connectivity index (χ2n) is 6.23. The molecular weight excluding hydrogens is 371 g/mol. The van der Waals surface area contributed by atoms with Crippen LogP contribution >= 0.6 is 24.8 Å². The van der Waals surface area contributed by atoms with Gasteiger partial charge in [0.25, 0.3) is 0 Å². The van der Waals surface area contributed by atoms with E-state index < -0.39 is 0 Å². The molecule has 1 amide bonds. The summed E-state index contributed by atoms with van der Waals surface area (Å²) in [6, 6.07) is 16.0. The maximum Gasteiger partial charge on any atom is 0.225 e. The van der Waals surface area contributed by atoms with E-state index in [-0.39, 0.29) is 30.7 Å². The number of aromatic amines is 1. The van der Waals surface area contributed by atoms with Crippen LogP contribution in [0.2, 0.25) is 0 Å². The highest BCUT2D eigenvalue weighted by Gasteiger charge is 2.17. The number of hydrogen-bond donors (Lipinski definition) is 3. The molecule has 1 aliphatic heterocycles. The van der Waals surface area contributed by atoms with Crippen LogP contribution < -0.4 is 10.6 Å². The lowest BCUT2D eigenvalue weighted by Crippen LogP contribution is -2.27. The molecule has 0 radical (unpaired) electrons. The Labute approximate surface area is 164 Å².